The Balaban J connectivity index is 1.31. The highest BCUT2D eigenvalue weighted by Gasteiger charge is 2.57. The number of carbonyl (C=O) groups is 1. The second-order valence-electron chi connectivity index (χ2n) is 10.6. The topological polar surface area (TPSA) is 49.0 Å². The number of hydrogen-bond donors (Lipinski definition) is 1. The molecule has 5 heteroatoms. The van der Waals surface area contributed by atoms with E-state index in [9.17, 15) is 9.18 Å². The first kappa shape index (κ1) is 19.5. The molecule has 0 radical (unpaired) electrons. The molecule has 4 nitrogen and oxygen atoms in total. The number of nitrogens with zero attached hydrogens (tertiary/aromatic N) is 2. The molecule has 1 N–H and O–H groups in total. The molecule has 2 aromatic rings. The van der Waals surface area contributed by atoms with Gasteiger partial charge in [-0.2, -0.15) is 5.10 Å². The minimum Gasteiger partial charge on any atom is -0.343 e. The SMILES string of the molecule is C[C@]12CCC3c4ccc(F)cc4CCC3C1[C@H](CCC(=O)N1CCCC1)c1cn[nH]c12. The molecule has 2 fully saturated rings. The molecule has 1 aliphatic heterocycles. The van der Waals surface area contributed by atoms with Gasteiger partial charge in [-0.1, -0.05) is 13.0 Å². The van der Waals surface area contributed by atoms with Gasteiger partial charge in [0.15, 0.2) is 0 Å². The Morgan fingerprint density at radius 1 is 1.26 bits per heavy atom. The number of H-pyrrole nitrogens is 1. The van der Waals surface area contributed by atoms with Crippen LogP contribution in [0.1, 0.15) is 86.1 Å². The van der Waals surface area contributed by atoms with Crippen LogP contribution < -0.4 is 0 Å². The highest BCUT2D eigenvalue weighted by Crippen LogP contribution is 2.64. The maximum absolute atomic E-state index is 13.9. The first-order chi connectivity index (χ1) is 15.1. The van der Waals surface area contributed by atoms with Gasteiger partial charge in [0.1, 0.15) is 5.82 Å². The van der Waals surface area contributed by atoms with Crippen molar-refractivity contribution < 1.29 is 9.18 Å². The van der Waals surface area contributed by atoms with Crippen molar-refractivity contribution in [2.75, 3.05) is 13.1 Å². The molecule has 1 aromatic heterocycles. The van der Waals surface area contributed by atoms with Crippen LogP contribution in [0.2, 0.25) is 0 Å². The van der Waals surface area contributed by atoms with Crippen LogP contribution in [-0.4, -0.2) is 34.1 Å². The first-order valence-corrected chi connectivity index (χ1v) is 12.2. The van der Waals surface area contributed by atoms with Gasteiger partial charge in [-0.25, -0.2) is 4.39 Å². The molecule has 0 spiro atoms. The Bertz CT molecular complexity index is 1010. The van der Waals surface area contributed by atoms with Crippen LogP contribution >= 0.6 is 0 Å². The Morgan fingerprint density at radius 2 is 2.10 bits per heavy atom. The molecule has 31 heavy (non-hydrogen) atoms. The van der Waals surface area contributed by atoms with Crippen molar-refractivity contribution in [1.82, 2.24) is 15.1 Å². The van der Waals surface area contributed by atoms with Crippen molar-refractivity contribution in [3.8, 4) is 0 Å². The molecule has 2 heterocycles. The third-order valence-corrected chi connectivity index (χ3v) is 9.14. The largest absolute Gasteiger partial charge is 0.343 e. The lowest BCUT2D eigenvalue weighted by atomic mass is 9.53. The van der Waals surface area contributed by atoms with E-state index < -0.39 is 0 Å². The van der Waals surface area contributed by atoms with Crippen LogP contribution in [-0.2, 0) is 16.6 Å². The van der Waals surface area contributed by atoms with Crippen molar-refractivity contribution in [2.45, 2.75) is 75.5 Å². The van der Waals surface area contributed by atoms with E-state index >= 15 is 0 Å². The van der Waals surface area contributed by atoms with E-state index in [1.807, 2.05) is 12.3 Å². The van der Waals surface area contributed by atoms with Crippen LogP contribution in [0.5, 0.6) is 0 Å². The monoisotopic (exact) mass is 421 g/mol. The number of nitrogens with one attached hydrogen (secondary N) is 1. The number of amides is 1. The number of likely N-dealkylation sites (tertiary alicyclic amines) is 1. The second kappa shape index (κ2) is 7.18. The quantitative estimate of drug-likeness (QED) is 0.753. The lowest BCUT2D eigenvalue weighted by Crippen LogP contribution is -2.44. The number of aromatic nitrogens is 2. The zero-order chi connectivity index (χ0) is 21.2. The third-order valence-electron chi connectivity index (χ3n) is 9.14. The third kappa shape index (κ3) is 2.91. The van der Waals surface area contributed by atoms with Gasteiger partial charge in [-0.3, -0.25) is 9.89 Å². The zero-order valence-electron chi connectivity index (χ0n) is 18.4. The summed E-state index contributed by atoms with van der Waals surface area (Å²) in [5.74, 6) is 2.23. The lowest BCUT2D eigenvalue weighted by molar-refractivity contribution is -0.130. The normalized spacial score (nSPS) is 33.5. The van der Waals surface area contributed by atoms with Crippen LogP contribution in [0.15, 0.2) is 24.4 Å². The Morgan fingerprint density at radius 3 is 2.94 bits per heavy atom. The number of aryl methyl sites for hydroxylation is 1. The molecular weight excluding hydrogens is 389 g/mol. The van der Waals surface area contributed by atoms with E-state index in [-0.39, 0.29) is 11.2 Å². The van der Waals surface area contributed by atoms with E-state index in [1.54, 1.807) is 12.1 Å². The van der Waals surface area contributed by atoms with Crippen molar-refractivity contribution in [2.24, 2.45) is 11.8 Å². The zero-order valence-corrected chi connectivity index (χ0v) is 18.4. The molecular formula is C26H32FN3O. The van der Waals surface area contributed by atoms with Crippen LogP contribution in [0.4, 0.5) is 4.39 Å². The van der Waals surface area contributed by atoms with Gasteiger partial charge < -0.3 is 4.90 Å². The standard InChI is InChI=1S/C26H32FN3O/c1-26-11-10-19-18-7-5-17(27)14-16(18)4-6-20(19)24(26)21(22-15-28-29-25(22)26)8-9-23(31)30-12-2-3-13-30/h5,7,14-15,19-21,24H,2-4,6,8-13H2,1H3,(H,28,29)/t19?,20?,21-,24?,26+/m1/s1. The predicted molar refractivity (Wildman–Crippen MR) is 117 cm³/mol. The number of benzene rings is 1. The van der Waals surface area contributed by atoms with Crippen molar-refractivity contribution in [1.29, 1.82) is 0 Å². The first-order valence-electron chi connectivity index (χ1n) is 12.2. The molecule has 1 saturated heterocycles. The van der Waals surface area contributed by atoms with Crippen LogP contribution in [0.3, 0.4) is 0 Å². The minimum atomic E-state index is -0.113. The van der Waals surface area contributed by atoms with Gasteiger partial charge in [0.25, 0.3) is 0 Å². The summed E-state index contributed by atoms with van der Waals surface area (Å²) in [7, 11) is 0. The van der Waals surface area contributed by atoms with Gasteiger partial charge in [-0.15, -0.1) is 0 Å². The van der Waals surface area contributed by atoms with Crippen LogP contribution in [0, 0.1) is 17.7 Å². The van der Waals surface area contributed by atoms with Crippen LogP contribution in [0.25, 0.3) is 0 Å². The number of fused-ring (bicyclic) bond motifs is 7. The average Bonchev–Trinajstić information content (AvgIpc) is 3.50. The summed E-state index contributed by atoms with van der Waals surface area (Å²) in [6.45, 7) is 4.28. The van der Waals surface area contributed by atoms with E-state index in [2.05, 4.69) is 22.0 Å². The van der Waals surface area contributed by atoms with Crippen molar-refractivity contribution in [3.63, 3.8) is 0 Å². The van der Waals surface area contributed by atoms with Gasteiger partial charge in [0, 0.05) is 30.6 Å². The molecule has 6 rings (SSSR count). The summed E-state index contributed by atoms with van der Waals surface area (Å²) in [6, 6.07) is 5.45. The molecule has 4 aliphatic rings. The summed E-state index contributed by atoms with van der Waals surface area (Å²) in [5, 5.41) is 7.78. The second-order valence-corrected chi connectivity index (χ2v) is 10.6. The van der Waals surface area contributed by atoms with E-state index in [0.29, 0.717) is 36.0 Å². The minimum absolute atomic E-state index is 0.103. The smallest absolute Gasteiger partial charge is 0.222 e. The fourth-order valence-electron chi connectivity index (χ4n) is 7.80. The fourth-order valence-corrected chi connectivity index (χ4v) is 7.80. The summed E-state index contributed by atoms with van der Waals surface area (Å²) >= 11 is 0. The summed E-state index contributed by atoms with van der Waals surface area (Å²) in [5.41, 5.74) is 5.36. The number of hydrogen-bond acceptors (Lipinski definition) is 2. The number of aromatic amines is 1. The number of halogens is 1. The average molecular weight is 422 g/mol. The van der Waals surface area contributed by atoms with Crippen molar-refractivity contribution in [3.05, 3.63) is 52.6 Å². The predicted octanol–water partition coefficient (Wildman–Crippen LogP) is 5.06. The molecule has 164 valence electrons. The lowest BCUT2D eigenvalue weighted by Gasteiger charge is -2.50. The number of rotatable bonds is 3. The maximum atomic E-state index is 13.9. The molecule has 0 bridgehead atoms. The number of carbonyl (C=O) groups excluding carboxylic acids is 1. The maximum Gasteiger partial charge on any atom is 0.222 e. The molecule has 3 unspecified atom stereocenters. The van der Waals surface area contributed by atoms with Gasteiger partial charge in [0.2, 0.25) is 5.91 Å². The summed E-state index contributed by atoms with van der Waals surface area (Å²) in [6.07, 6.45) is 10.2. The highest BCUT2D eigenvalue weighted by atomic mass is 19.1. The Labute approximate surface area is 183 Å². The van der Waals surface area contributed by atoms with Gasteiger partial charge >= 0.3 is 0 Å². The molecule has 1 aromatic carbocycles. The fraction of sp³-hybridized carbons (Fsp3) is 0.615. The van der Waals surface area contributed by atoms with Gasteiger partial charge in [-0.05, 0) is 97.4 Å². The van der Waals surface area contributed by atoms with E-state index in [1.165, 1.54) is 22.4 Å². The molecule has 5 atom stereocenters. The summed E-state index contributed by atoms with van der Waals surface area (Å²) in [4.78, 5) is 14.9. The Hall–Kier alpha value is -2.17. The van der Waals surface area contributed by atoms with E-state index in [0.717, 1.165) is 58.0 Å². The van der Waals surface area contributed by atoms with Gasteiger partial charge in [0.05, 0.1) is 6.20 Å². The molecule has 1 saturated carbocycles. The summed E-state index contributed by atoms with van der Waals surface area (Å²) < 4.78 is 13.9. The molecule has 1 amide bonds. The molecule has 3 aliphatic carbocycles. The Kier molecular flexibility index (Phi) is 4.52. The van der Waals surface area contributed by atoms with Crippen molar-refractivity contribution >= 4 is 5.91 Å². The van der Waals surface area contributed by atoms with E-state index in [4.69, 9.17) is 0 Å². The highest BCUT2D eigenvalue weighted by molar-refractivity contribution is 5.76.